The molecule has 19 heavy (non-hydrogen) atoms. The van der Waals surface area contributed by atoms with Gasteiger partial charge in [0.15, 0.2) is 5.03 Å². The maximum Gasteiger partial charge on any atom is 0.354 e. The van der Waals surface area contributed by atoms with Gasteiger partial charge in [-0.1, -0.05) is 11.8 Å². The molecule has 0 spiro atoms. The predicted molar refractivity (Wildman–Crippen MR) is 66.2 cm³/mol. The molecule has 96 valence electrons. The molecule has 8 heteroatoms. The Kier molecular flexibility index (Phi) is 3.71. The van der Waals surface area contributed by atoms with Crippen LogP contribution in [0.2, 0.25) is 0 Å². The molecule has 0 fully saturated rings. The van der Waals surface area contributed by atoms with Crippen LogP contribution in [0, 0.1) is 10.1 Å². The Hall–Kier alpha value is -2.48. The second-order valence-electron chi connectivity index (χ2n) is 3.37. The summed E-state index contributed by atoms with van der Waals surface area (Å²) in [6, 6.07) is 5.56. The highest BCUT2D eigenvalue weighted by atomic mass is 32.2. The molecule has 2 heterocycles. The van der Waals surface area contributed by atoms with Gasteiger partial charge in [0, 0.05) is 23.4 Å². The van der Waals surface area contributed by atoms with Crippen LogP contribution < -0.4 is 0 Å². The predicted octanol–water partition coefficient (Wildman–Crippen LogP) is 2.23. The van der Waals surface area contributed by atoms with E-state index in [0.717, 1.165) is 23.9 Å². The molecule has 0 radical (unpaired) electrons. The van der Waals surface area contributed by atoms with E-state index in [2.05, 4.69) is 9.97 Å². The van der Waals surface area contributed by atoms with Gasteiger partial charge in [0.05, 0.1) is 4.92 Å². The first-order chi connectivity index (χ1) is 9.08. The lowest BCUT2D eigenvalue weighted by Crippen LogP contribution is -2.03. The summed E-state index contributed by atoms with van der Waals surface area (Å²) in [6.07, 6.45) is 3.07. The summed E-state index contributed by atoms with van der Waals surface area (Å²) in [5.74, 6) is -1.23. The van der Waals surface area contributed by atoms with Crippen molar-refractivity contribution in [3.63, 3.8) is 0 Å². The molecule has 0 aliphatic carbocycles. The van der Waals surface area contributed by atoms with Crippen molar-refractivity contribution in [2.24, 2.45) is 0 Å². The summed E-state index contributed by atoms with van der Waals surface area (Å²) in [4.78, 5) is 29.4. The van der Waals surface area contributed by atoms with Crippen LogP contribution in [0.1, 0.15) is 10.5 Å². The number of hydrogen-bond acceptors (Lipinski definition) is 6. The van der Waals surface area contributed by atoms with Gasteiger partial charge in [0.2, 0.25) is 0 Å². The molecule has 0 saturated carbocycles. The van der Waals surface area contributed by atoms with Crippen LogP contribution in [-0.2, 0) is 0 Å². The average molecular weight is 277 g/mol. The van der Waals surface area contributed by atoms with Crippen LogP contribution in [0.4, 0.5) is 5.69 Å². The third kappa shape index (κ3) is 3.05. The van der Waals surface area contributed by atoms with Gasteiger partial charge in [-0.05, 0) is 18.2 Å². The van der Waals surface area contributed by atoms with E-state index in [-0.39, 0.29) is 16.4 Å². The Morgan fingerprint density at radius 2 is 1.95 bits per heavy atom. The number of aromatic carboxylic acids is 1. The van der Waals surface area contributed by atoms with Crippen molar-refractivity contribution in [2.75, 3.05) is 0 Å². The molecule has 0 saturated heterocycles. The number of nitrogens with zero attached hydrogens (tertiary/aromatic N) is 3. The Bertz CT molecular complexity index is 633. The topological polar surface area (TPSA) is 106 Å². The Morgan fingerprint density at radius 1 is 1.26 bits per heavy atom. The highest BCUT2D eigenvalue weighted by Crippen LogP contribution is 2.32. The maximum absolute atomic E-state index is 10.9. The smallest absolute Gasteiger partial charge is 0.354 e. The molecule has 2 aromatic heterocycles. The molecule has 0 atom stereocenters. The normalized spacial score (nSPS) is 10.1. The van der Waals surface area contributed by atoms with Gasteiger partial charge in [-0.3, -0.25) is 15.1 Å². The van der Waals surface area contributed by atoms with Gasteiger partial charge in [-0.25, -0.2) is 9.78 Å². The van der Waals surface area contributed by atoms with E-state index in [0.29, 0.717) is 4.90 Å². The largest absolute Gasteiger partial charge is 0.477 e. The average Bonchev–Trinajstić information content (AvgIpc) is 2.39. The van der Waals surface area contributed by atoms with Crippen molar-refractivity contribution in [3.05, 3.63) is 52.5 Å². The van der Waals surface area contributed by atoms with E-state index in [1.807, 2.05) is 0 Å². The summed E-state index contributed by atoms with van der Waals surface area (Å²) < 4.78 is 0. The molecule has 1 N–H and O–H groups in total. The fraction of sp³-hybridized carbons (Fsp3) is 0. The molecule has 0 unspecified atom stereocenters. The molecular weight excluding hydrogens is 270 g/mol. The first-order valence-corrected chi connectivity index (χ1v) is 5.86. The summed E-state index contributed by atoms with van der Waals surface area (Å²) in [7, 11) is 0. The molecular formula is C11H7N3O4S. The summed E-state index contributed by atoms with van der Waals surface area (Å²) in [5.41, 5.74) is -0.464. The SMILES string of the molecule is O=C(O)c1ccc([N+](=O)[O-])c(Sc2ccncc2)n1. The van der Waals surface area contributed by atoms with Crippen molar-refractivity contribution in [2.45, 2.75) is 9.92 Å². The van der Waals surface area contributed by atoms with Crippen LogP contribution in [-0.4, -0.2) is 26.0 Å². The second-order valence-corrected chi connectivity index (χ2v) is 4.43. The monoisotopic (exact) mass is 277 g/mol. The standard InChI is InChI=1S/C11H7N3O4S/c15-11(16)8-1-2-9(14(17)18)10(13-8)19-7-3-5-12-6-4-7/h1-6H,(H,15,16). The van der Waals surface area contributed by atoms with E-state index >= 15 is 0 Å². The van der Waals surface area contributed by atoms with Crippen molar-refractivity contribution in [1.82, 2.24) is 9.97 Å². The third-order valence-electron chi connectivity index (χ3n) is 2.12. The fourth-order valence-electron chi connectivity index (χ4n) is 1.28. The number of carboxylic acid groups (broad SMARTS) is 1. The summed E-state index contributed by atoms with van der Waals surface area (Å²) in [5, 5.41) is 19.8. The summed E-state index contributed by atoms with van der Waals surface area (Å²) >= 11 is 1.02. The van der Waals surface area contributed by atoms with E-state index in [4.69, 9.17) is 5.11 Å². The maximum atomic E-state index is 10.9. The van der Waals surface area contributed by atoms with Crippen molar-refractivity contribution in [3.8, 4) is 0 Å². The number of nitro groups is 1. The van der Waals surface area contributed by atoms with Crippen LogP contribution in [0.5, 0.6) is 0 Å². The van der Waals surface area contributed by atoms with Crippen LogP contribution >= 0.6 is 11.8 Å². The minimum Gasteiger partial charge on any atom is -0.477 e. The van der Waals surface area contributed by atoms with E-state index in [1.165, 1.54) is 12.4 Å². The minimum absolute atomic E-state index is 0.0381. The lowest BCUT2D eigenvalue weighted by atomic mass is 10.3. The lowest BCUT2D eigenvalue weighted by Gasteiger charge is -2.03. The molecule has 0 aromatic carbocycles. The second kappa shape index (κ2) is 5.44. The molecule has 2 aromatic rings. The molecule has 0 aliphatic heterocycles. The van der Waals surface area contributed by atoms with Crippen LogP contribution in [0.15, 0.2) is 46.6 Å². The Balaban J connectivity index is 2.43. The molecule has 0 aliphatic rings. The zero-order valence-electron chi connectivity index (χ0n) is 9.39. The van der Waals surface area contributed by atoms with Gasteiger partial charge in [-0.2, -0.15) is 0 Å². The van der Waals surface area contributed by atoms with E-state index in [9.17, 15) is 14.9 Å². The van der Waals surface area contributed by atoms with Crippen molar-refractivity contribution in [1.29, 1.82) is 0 Å². The zero-order chi connectivity index (χ0) is 13.8. The lowest BCUT2D eigenvalue weighted by molar-refractivity contribution is -0.388. The number of aromatic nitrogens is 2. The van der Waals surface area contributed by atoms with Gasteiger partial charge < -0.3 is 5.11 Å². The molecule has 2 rings (SSSR count). The zero-order valence-corrected chi connectivity index (χ0v) is 10.2. The number of rotatable bonds is 4. The molecule has 0 amide bonds. The number of carboxylic acids is 1. The molecule has 0 bridgehead atoms. The number of hydrogen-bond donors (Lipinski definition) is 1. The quantitative estimate of drug-likeness (QED) is 0.674. The van der Waals surface area contributed by atoms with Gasteiger partial charge in [-0.15, -0.1) is 0 Å². The Morgan fingerprint density at radius 3 is 2.53 bits per heavy atom. The van der Waals surface area contributed by atoms with Gasteiger partial charge in [0.25, 0.3) is 0 Å². The first kappa shape index (κ1) is 13.0. The van der Waals surface area contributed by atoms with Crippen LogP contribution in [0.25, 0.3) is 0 Å². The highest BCUT2D eigenvalue weighted by molar-refractivity contribution is 7.99. The van der Waals surface area contributed by atoms with Gasteiger partial charge in [0.1, 0.15) is 5.69 Å². The van der Waals surface area contributed by atoms with E-state index in [1.54, 1.807) is 12.1 Å². The number of carbonyl (C=O) groups is 1. The van der Waals surface area contributed by atoms with Crippen molar-refractivity contribution >= 4 is 23.4 Å². The minimum atomic E-state index is -1.23. The van der Waals surface area contributed by atoms with Gasteiger partial charge >= 0.3 is 11.7 Å². The highest BCUT2D eigenvalue weighted by Gasteiger charge is 2.19. The Labute approximate surface area is 111 Å². The fourth-order valence-corrected chi connectivity index (χ4v) is 2.16. The van der Waals surface area contributed by atoms with E-state index < -0.39 is 10.9 Å². The number of pyridine rings is 2. The molecule has 7 nitrogen and oxygen atoms in total. The summed E-state index contributed by atoms with van der Waals surface area (Å²) in [6.45, 7) is 0. The van der Waals surface area contributed by atoms with Crippen LogP contribution in [0.3, 0.4) is 0 Å². The first-order valence-electron chi connectivity index (χ1n) is 5.04. The van der Waals surface area contributed by atoms with Crippen molar-refractivity contribution < 1.29 is 14.8 Å². The third-order valence-corrected chi connectivity index (χ3v) is 3.12.